The van der Waals surface area contributed by atoms with E-state index in [0.717, 1.165) is 19.5 Å². The Morgan fingerprint density at radius 1 is 1.61 bits per heavy atom. The van der Waals surface area contributed by atoms with Crippen molar-refractivity contribution < 1.29 is 4.74 Å². The molecule has 1 aliphatic heterocycles. The molecule has 1 saturated heterocycles. The summed E-state index contributed by atoms with van der Waals surface area (Å²) in [5.74, 6) is 0. The Balaban J connectivity index is 2.13. The van der Waals surface area contributed by atoms with Gasteiger partial charge in [0.05, 0.1) is 15.4 Å². The summed E-state index contributed by atoms with van der Waals surface area (Å²) in [6, 6.07) is 4.59. The highest BCUT2D eigenvalue weighted by atomic mass is 79.9. The van der Waals surface area contributed by atoms with Crippen LogP contribution in [0.3, 0.4) is 0 Å². The molecule has 5 heteroatoms. The van der Waals surface area contributed by atoms with Crippen LogP contribution in [0.4, 0.5) is 0 Å². The Morgan fingerprint density at radius 2 is 2.39 bits per heavy atom. The summed E-state index contributed by atoms with van der Waals surface area (Å²) in [6.07, 6.45) is 2.30. The van der Waals surface area contributed by atoms with E-state index in [0.29, 0.717) is 12.6 Å². The summed E-state index contributed by atoms with van der Waals surface area (Å²) in [5, 5.41) is 0. The van der Waals surface area contributed by atoms with Gasteiger partial charge in [-0.05, 0) is 54.4 Å². The molecule has 0 bridgehead atoms. The maximum Gasteiger partial charge on any atom is 0.0777 e. The fourth-order valence-electron chi connectivity index (χ4n) is 2.63. The largest absolute Gasteiger partial charge is 0.377 e. The number of likely N-dealkylation sites (tertiary alicyclic amines) is 1. The lowest BCUT2D eigenvalue weighted by molar-refractivity contribution is -0.0605. The lowest BCUT2D eigenvalue weighted by Crippen LogP contribution is -2.49. The van der Waals surface area contributed by atoms with Crippen LogP contribution in [0.2, 0.25) is 0 Å². The summed E-state index contributed by atoms with van der Waals surface area (Å²) in [6.45, 7) is 4.92. The van der Waals surface area contributed by atoms with Gasteiger partial charge in [0.15, 0.2) is 0 Å². The van der Waals surface area contributed by atoms with Gasteiger partial charge in [-0.2, -0.15) is 0 Å². The van der Waals surface area contributed by atoms with Crippen LogP contribution in [0.15, 0.2) is 15.9 Å². The van der Waals surface area contributed by atoms with Crippen LogP contribution < -0.4 is 5.73 Å². The number of hydrogen-bond acceptors (Lipinski definition) is 4. The van der Waals surface area contributed by atoms with Crippen molar-refractivity contribution in [3.05, 3.63) is 20.8 Å². The van der Waals surface area contributed by atoms with Gasteiger partial charge in [-0.15, -0.1) is 11.3 Å². The molecule has 2 unspecified atom stereocenters. The fraction of sp³-hybridized carbons (Fsp3) is 0.692. The number of hydrogen-bond donors (Lipinski definition) is 1. The van der Waals surface area contributed by atoms with E-state index in [1.54, 1.807) is 11.3 Å². The predicted molar refractivity (Wildman–Crippen MR) is 80.0 cm³/mol. The molecule has 2 heterocycles. The van der Waals surface area contributed by atoms with Crippen molar-refractivity contribution in [3.63, 3.8) is 0 Å². The summed E-state index contributed by atoms with van der Waals surface area (Å²) in [5.41, 5.74) is 5.96. The van der Waals surface area contributed by atoms with Gasteiger partial charge in [-0.25, -0.2) is 0 Å². The molecule has 0 saturated carbocycles. The number of methoxy groups -OCH3 is 1. The molecular weight excluding hydrogens is 312 g/mol. The number of rotatable bonds is 4. The maximum absolute atomic E-state index is 5.98. The van der Waals surface area contributed by atoms with Gasteiger partial charge in [0, 0.05) is 25.1 Å². The van der Waals surface area contributed by atoms with Crippen LogP contribution in [-0.4, -0.2) is 37.2 Å². The minimum atomic E-state index is -0.0276. The van der Waals surface area contributed by atoms with E-state index < -0.39 is 0 Å². The van der Waals surface area contributed by atoms with Gasteiger partial charge in [0.1, 0.15) is 0 Å². The van der Waals surface area contributed by atoms with Gasteiger partial charge in [0.2, 0.25) is 0 Å². The minimum Gasteiger partial charge on any atom is -0.377 e. The van der Waals surface area contributed by atoms with Crippen molar-refractivity contribution in [1.82, 2.24) is 4.90 Å². The van der Waals surface area contributed by atoms with Crippen molar-refractivity contribution in [1.29, 1.82) is 0 Å². The molecule has 1 aromatic rings. The first kappa shape index (κ1) is 14.5. The molecule has 2 N–H and O–H groups in total. The van der Waals surface area contributed by atoms with E-state index in [4.69, 9.17) is 10.5 Å². The molecule has 102 valence electrons. The van der Waals surface area contributed by atoms with Crippen molar-refractivity contribution in [3.8, 4) is 0 Å². The van der Waals surface area contributed by atoms with Crippen LogP contribution in [0, 0.1) is 0 Å². The zero-order valence-corrected chi connectivity index (χ0v) is 13.4. The number of nitrogens with zero attached hydrogens (tertiary/aromatic N) is 1. The third-order valence-electron chi connectivity index (χ3n) is 3.77. The Labute approximate surface area is 121 Å². The summed E-state index contributed by atoms with van der Waals surface area (Å²) < 4.78 is 6.83. The van der Waals surface area contributed by atoms with Crippen LogP contribution in [-0.2, 0) is 4.74 Å². The Hall–Kier alpha value is 0.0600. The topological polar surface area (TPSA) is 38.5 Å². The Bertz CT molecular complexity index is 398. The zero-order valence-electron chi connectivity index (χ0n) is 11.0. The van der Waals surface area contributed by atoms with E-state index in [1.165, 1.54) is 15.1 Å². The van der Waals surface area contributed by atoms with Crippen LogP contribution in [0.5, 0.6) is 0 Å². The van der Waals surface area contributed by atoms with Gasteiger partial charge >= 0.3 is 0 Å². The molecule has 0 amide bonds. The second kappa shape index (κ2) is 6.01. The molecule has 3 nitrogen and oxygen atoms in total. The summed E-state index contributed by atoms with van der Waals surface area (Å²) in [7, 11) is 1.81. The molecule has 1 aromatic heterocycles. The number of nitrogens with two attached hydrogens (primary N) is 1. The fourth-order valence-corrected chi connectivity index (χ4v) is 4.20. The van der Waals surface area contributed by atoms with Gasteiger partial charge in [-0.1, -0.05) is 0 Å². The first-order chi connectivity index (χ1) is 8.58. The smallest absolute Gasteiger partial charge is 0.0777 e. The molecule has 1 aliphatic rings. The number of piperidine rings is 1. The SMILES string of the molecule is COC1(C)CCCN(C(CN)c2ccc(Br)s2)C1. The second-order valence-electron chi connectivity index (χ2n) is 5.12. The van der Waals surface area contributed by atoms with E-state index in [1.807, 2.05) is 7.11 Å². The molecule has 2 atom stereocenters. The second-order valence-corrected chi connectivity index (χ2v) is 7.62. The van der Waals surface area contributed by atoms with E-state index >= 15 is 0 Å². The van der Waals surface area contributed by atoms with Gasteiger partial charge in [0.25, 0.3) is 0 Å². The van der Waals surface area contributed by atoms with Crippen LogP contribution in [0.25, 0.3) is 0 Å². The average Bonchev–Trinajstić information content (AvgIpc) is 2.77. The van der Waals surface area contributed by atoms with Crippen molar-refractivity contribution >= 4 is 27.3 Å². The molecule has 0 aromatic carbocycles. The van der Waals surface area contributed by atoms with Crippen molar-refractivity contribution in [2.75, 3.05) is 26.7 Å². The third kappa shape index (κ3) is 3.14. The van der Waals surface area contributed by atoms with Crippen molar-refractivity contribution in [2.45, 2.75) is 31.4 Å². The highest BCUT2D eigenvalue weighted by molar-refractivity contribution is 9.11. The highest BCUT2D eigenvalue weighted by Crippen LogP contribution is 2.34. The monoisotopic (exact) mass is 332 g/mol. The molecular formula is C13H21BrN2OS. The van der Waals surface area contributed by atoms with Crippen LogP contribution >= 0.6 is 27.3 Å². The minimum absolute atomic E-state index is 0.0276. The summed E-state index contributed by atoms with van der Waals surface area (Å²) in [4.78, 5) is 3.80. The summed E-state index contributed by atoms with van der Waals surface area (Å²) >= 11 is 5.30. The first-order valence-corrected chi connectivity index (χ1v) is 7.93. The maximum atomic E-state index is 5.98. The van der Waals surface area contributed by atoms with Gasteiger partial charge in [-0.3, -0.25) is 4.90 Å². The number of ether oxygens (including phenoxy) is 1. The molecule has 0 spiro atoms. The predicted octanol–water partition coefficient (Wildman–Crippen LogP) is 3.01. The Kier molecular flexibility index (Phi) is 4.83. The first-order valence-electron chi connectivity index (χ1n) is 6.32. The normalized spacial score (nSPS) is 27.3. The molecule has 0 radical (unpaired) electrons. The number of halogens is 1. The van der Waals surface area contributed by atoms with Crippen molar-refractivity contribution in [2.24, 2.45) is 5.73 Å². The molecule has 1 fully saturated rings. The average molecular weight is 333 g/mol. The van der Waals surface area contributed by atoms with Crippen LogP contribution in [0.1, 0.15) is 30.7 Å². The lowest BCUT2D eigenvalue weighted by Gasteiger charge is -2.42. The van der Waals surface area contributed by atoms with E-state index in [2.05, 4.69) is 39.9 Å². The van der Waals surface area contributed by atoms with E-state index in [9.17, 15) is 0 Å². The Morgan fingerprint density at radius 3 is 2.94 bits per heavy atom. The lowest BCUT2D eigenvalue weighted by atomic mass is 9.93. The van der Waals surface area contributed by atoms with E-state index in [-0.39, 0.29) is 5.60 Å². The number of thiophene rings is 1. The zero-order chi connectivity index (χ0) is 13.2. The third-order valence-corrected chi connectivity index (χ3v) is 5.49. The quantitative estimate of drug-likeness (QED) is 0.921. The van der Waals surface area contributed by atoms with Gasteiger partial charge < -0.3 is 10.5 Å². The molecule has 0 aliphatic carbocycles. The molecule has 18 heavy (non-hydrogen) atoms. The highest BCUT2D eigenvalue weighted by Gasteiger charge is 2.34. The molecule has 2 rings (SSSR count). The standard InChI is InChI=1S/C13H21BrN2OS/c1-13(17-2)6-3-7-16(9-13)10(8-15)11-4-5-12(14)18-11/h4-5,10H,3,6-9,15H2,1-2H3.